The van der Waals surface area contributed by atoms with Gasteiger partial charge in [0.25, 0.3) is 6.47 Å². The van der Waals surface area contributed by atoms with Crippen LogP contribution >= 0.6 is 0 Å². The fourth-order valence-electron chi connectivity index (χ4n) is 8.33. The minimum absolute atomic E-state index is 0.00293. The van der Waals surface area contributed by atoms with Crippen molar-refractivity contribution in [1.82, 2.24) is 0 Å². The van der Waals surface area contributed by atoms with E-state index in [2.05, 4.69) is 0 Å². The zero-order valence-electron chi connectivity index (χ0n) is 28.9. The van der Waals surface area contributed by atoms with Gasteiger partial charge in [0, 0.05) is 29.4 Å². The molecule has 0 radical (unpaired) electrons. The van der Waals surface area contributed by atoms with Gasteiger partial charge in [-0.2, -0.15) is 0 Å². The van der Waals surface area contributed by atoms with Gasteiger partial charge in [0.05, 0.1) is 22.9 Å². The fraction of sp³-hybridized carbons (Fsp3) is 0.553. The highest BCUT2D eigenvalue weighted by Gasteiger charge is 2.81. The molecule has 3 N–H and O–H groups in total. The largest absolute Gasteiger partial charge is 0.506 e. The molecule has 6 aliphatic rings. The molecule has 0 amide bonds. The molecule has 10 heteroatoms. The number of allylic oxidation sites excluding steroid dienone is 4. The lowest BCUT2D eigenvalue weighted by Gasteiger charge is -2.56. The average molecular weight is 663 g/mol. The molecule has 1 aromatic carbocycles. The third kappa shape index (κ3) is 4.90. The van der Waals surface area contributed by atoms with Crippen LogP contribution in [0.3, 0.4) is 0 Å². The van der Waals surface area contributed by atoms with Gasteiger partial charge >= 0.3 is 0 Å². The van der Waals surface area contributed by atoms with E-state index in [1.54, 1.807) is 45.1 Å². The molecular weight excluding hydrogens is 616 g/mol. The van der Waals surface area contributed by atoms with Gasteiger partial charge < -0.3 is 34.3 Å². The Bertz CT molecular complexity index is 1720. The first kappa shape index (κ1) is 34.1. The molecule has 10 nitrogen and oxygen atoms in total. The van der Waals surface area contributed by atoms with Crippen LogP contribution in [0.25, 0.3) is 6.08 Å². The number of carbonyl (C=O) groups is 3. The number of Topliss-reactive ketones (excluding diaryl/α,β-unsaturated/α-hetero) is 2. The van der Waals surface area contributed by atoms with Crippen LogP contribution in [0.5, 0.6) is 17.2 Å². The third-order valence-electron chi connectivity index (χ3n) is 10.9. The van der Waals surface area contributed by atoms with Crippen LogP contribution in [0.4, 0.5) is 0 Å². The summed E-state index contributed by atoms with van der Waals surface area (Å²) in [7, 11) is 0. The standard InChI is InChI=1S/C38H46O10/c1-20(2)9-10-24-31-23(12-14-36(8,46-31)15-13-27(40)34(4,5)44)29(41)28-30(42)25-17-22-18-26-35(6,7)48-37(33(22)43,16-11-21(3)45-19-39)38(25,26)47-32(24)28/h9,11-12,14,17,19,22,26-27,40-41,44H,10,13,15-16,18H2,1-8H3/b21-11-/t22-,26?,27?,36-,37?,38-/m1/s1. The molecule has 258 valence electrons. The molecule has 1 saturated carbocycles. The molecule has 3 unspecified atom stereocenters. The molecule has 3 aliphatic carbocycles. The van der Waals surface area contributed by atoms with Crippen LogP contribution in [-0.4, -0.2) is 67.5 Å². The van der Waals surface area contributed by atoms with Gasteiger partial charge in [-0.3, -0.25) is 14.4 Å². The second kappa shape index (κ2) is 11.1. The van der Waals surface area contributed by atoms with E-state index in [-0.39, 0.29) is 41.4 Å². The van der Waals surface area contributed by atoms with E-state index in [1.807, 2.05) is 40.7 Å². The van der Waals surface area contributed by atoms with Crippen LogP contribution < -0.4 is 9.47 Å². The maximum Gasteiger partial charge on any atom is 0.298 e. The smallest absolute Gasteiger partial charge is 0.298 e. The third-order valence-corrected chi connectivity index (χ3v) is 10.9. The summed E-state index contributed by atoms with van der Waals surface area (Å²) in [5.74, 6) is -1.11. The first-order valence-corrected chi connectivity index (χ1v) is 16.6. The predicted octanol–water partition coefficient (Wildman–Crippen LogP) is 5.45. The molecule has 2 fully saturated rings. The second-order valence-electron chi connectivity index (χ2n) is 15.5. The Balaban J connectivity index is 1.55. The number of fused-ring (bicyclic) bond motifs is 2. The molecule has 6 atom stereocenters. The summed E-state index contributed by atoms with van der Waals surface area (Å²) >= 11 is 0. The van der Waals surface area contributed by atoms with E-state index in [1.165, 1.54) is 0 Å². The summed E-state index contributed by atoms with van der Waals surface area (Å²) in [5.41, 5.74) is -4.01. The van der Waals surface area contributed by atoms with Gasteiger partial charge in [0.1, 0.15) is 34.2 Å². The van der Waals surface area contributed by atoms with Crippen molar-refractivity contribution < 1.29 is 48.7 Å². The van der Waals surface area contributed by atoms with Crippen LogP contribution in [0.2, 0.25) is 0 Å². The van der Waals surface area contributed by atoms with Crippen molar-refractivity contribution in [2.24, 2.45) is 11.8 Å². The molecule has 7 rings (SSSR count). The van der Waals surface area contributed by atoms with Crippen molar-refractivity contribution in [3.63, 3.8) is 0 Å². The van der Waals surface area contributed by atoms with Crippen molar-refractivity contribution >= 4 is 24.1 Å². The zero-order chi connectivity index (χ0) is 35.2. The van der Waals surface area contributed by atoms with E-state index in [0.717, 1.165) is 5.57 Å². The van der Waals surface area contributed by atoms with Crippen LogP contribution in [0.15, 0.2) is 41.2 Å². The predicted molar refractivity (Wildman–Crippen MR) is 177 cm³/mol. The van der Waals surface area contributed by atoms with E-state index < -0.39 is 51.7 Å². The lowest BCUT2D eigenvalue weighted by Crippen LogP contribution is -2.72. The summed E-state index contributed by atoms with van der Waals surface area (Å²) in [6, 6.07) is 0. The Morgan fingerprint density at radius 1 is 1.12 bits per heavy atom. The zero-order valence-corrected chi connectivity index (χ0v) is 28.9. The summed E-state index contributed by atoms with van der Waals surface area (Å²) in [4.78, 5) is 40.2. The Morgan fingerprint density at radius 2 is 1.83 bits per heavy atom. The van der Waals surface area contributed by atoms with Crippen molar-refractivity contribution in [3.8, 4) is 17.2 Å². The SMILES string of the molecule is CC(C)=CCc1c2c(c(O)c3c1O[C@]14C(=C[C@@H]5CC1C(C)(C)OC4(C/C=C(/C)OC=O)C5=O)C3=O)C=C[C@](C)(CCC(O)C(C)(C)O)O2. The molecule has 1 spiro atoms. The van der Waals surface area contributed by atoms with Crippen LogP contribution in [0.1, 0.15) is 103 Å². The van der Waals surface area contributed by atoms with Gasteiger partial charge in [-0.1, -0.05) is 17.7 Å². The first-order valence-electron chi connectivity index (χ1n) is 16.6. The fourth-order valence-corrected chi connectivity index (χ4v) is 8.33. The van der Waals surface area contributed by atoms with E-state index in [0.29, 0.717) is 48.2 Å². The number of ether oxygens (including phenoxy) is 4. The maximum absolute atomic E-state index is 14.8. The topological polar surface area (TPSA) is 149 Å². The molecule has 3 heterocycles. The number of phenols is 1. The number of phenolic OH excluding ortho intramolecular Hbond substituents is 1. The van der Waals surface area contributed by atoms with E-state index >= 15 is 0 Å². The molecule has 0 aromatic heterocycles. The minimum atomic E-state index is -1.60. The molecular formula is C38H46O10. The van der Waals surface area contributed by atoms with Crippen LogP contribution in [0, 0.1) is 11.8 Å². The Hall–Kier alpha value is -3.73. The number of aliphatic hydroxyl groups is 2. The lowest BCUT2D eigenvalue weighted by atomic mass is 9.51. The van der Waals surface area contributed by atoms with Crippen molar-refractivity contribution in [2.75, 3.05) is 0 Å². The number of aliphatic hydroxyl groups excluding tert-OH is 1. The van der Waals surface area contributed by atoms with Gasteiger partial charge in [0.15, 0.2) is 22.8 Å². The minimum Gasteiger partial charge on any atom is -0.506 e. The highest BCUT2D eigenvalue weighted by molar-refractivity contribution is 6.19. The van der Waals surface area contributed by atoms with Crippen LogP contribution in [-0.2, 0) is 25.5 Å². The summed E-state index contributed by atoms with van der Waals surface area (Å²) in [6.07, 6.45) is 9.15. The lowest BCUT2D eigenvalue weighted by molar-refractivity contribution is -0.171. The number of ketones is 2. The molecule has 48 heavy (non-hydrogen) atoms. The summed E-state index contributed by atoms with van der Waals surface area (Å²) in [5, 5.41) is 32.7. The van der Waals surface area contributed by atoms with E-state index in [9.17, 15) is 29.7 Å². The van der Waals surface area contributed by atoms with E-state index in [4.69, 9.17) is 18.9 Å². The highest BCUT2D eigenvalue weighted by Crippen LogP contribution is 2.68. The molecule has 1 saturated heterocycles. The number of rotatable bonds is 10. The number of carbonyl (C=O) groups excluding carboxylic acids is 3. The number of hydrogen-bond donors (Lipinski definition) is 3. The molecule has 4 bridgehead atoms. The average Bonchev–Trinajstić information content (AvgIpc) is 3.15. The summed E-state index contributed by atoms with van der Waals surface area (Å²) < 4.78 is 25.6. The Labute approximate surface area is 281 Å². The quantitative estimate of drug-likeness (QED) is 0.168. The van der Waals surface area contributed by atoms with Gasteiger partial charge in [-0.15, -0.1) is 0 Å². The van der Waals surface area contributed by atoms with Gasteiger partial charge in [0.2, 0.25) is 0 Å². The van der Waals surface area contributed by atoms with Gasteiger partial charge in [-0.25, -0.2) is 0 Å². The number of hydrogen-bond acceptors (Lipinski definition) is 10. The van der Waals surface area contributed by atoms with Crippen molar-refractivity contribution in [1.29, 1.82) is 0 Å². The highest BCUT2D eigenvalue weighted by atomic mass is 16.6. The Kier molecular flexibility index (Phi) is 7.93. The number of benzene rings is 1. The Morgan fingerprint density at radius 3 is 2.48 bits per heavy atom. The van der Waals surface area contributed by atoms with Crippen molar-refractivity contribution in [3.05, 3.63) is 57.9 Å². The van der Waals surface area contributed by atoms with Gasteiger partial charge in [-0.05, 0) is 99.3 Å². The maximum atomic E-state index is 14.8. The molecule has 3 aliphatic heterocycles. The van der Waals surface area contributed by atoms with Crippen molar-refractivity contribution in [2.45, 2.75) is 122 Å². The summed E-state index contributed by atoms with van der Waals surface area (Å²) in [6.45, 7) is 14.6. The number of aromatic hydroxyl groups is 1. The normalized spacial score (nSPS) is 31.5. The molecule has 1 aromatic rings. The second-order valence-corrected chi connectivity index (χ2v) is 15.5. The monoisotopic (exact) mass is 662 g/mol. The first-order chi connectivity index (χ1) is 22.3.